The predicted octanol–water partition coefficient (Wildman–Crippen LogP) is 5.04. The number of amides is 2. The van der Waals surface area contributed by atoms with E-state index >= 15 is 0 Å². The number of hydrogen-bond donors (Lipinski definition) is 1. The van der Waals surface area contributed by atoms with Gasteiger partial charge >= 0.3 is 6.03 Å². The van der Waals surface area contributed by atoms with Gasteiger partial charge in [-0.25, -0.2) is 9.78 Å². The number of nitrogens with one attached hydrogen (secondary N) is 1. The Morgan fingerprint density at radius 3 is 2.77 bits per heavy atom. The molecule has 4 rings (SSSR count). The number of thiazole rings is 1. The van der Waals surface area contributed by atoms with Crippen molar-refractivity contribution in [2.75, 3.05) is 25.0 Å². The van der Waals surface area contributed by atoms with Gasteiger partial charge in [-0.2, -0.15) is 0 Å². The Labute approximate surface area is 181 Å². The molecule has 0 atom stereocenters. The first kappa shape index (κ1) is 20.5. The Bertz CT molecular complexity index is 991. The maximum absolute atomic E-state index is 12.6. The number of para-hydroxylation sites is 1. The monoisotopic (exact) mass is 424 g/mol. The van der Waals surface area contributed by atoms with Crippen LogP contribution in [-0.4, -0.2) is 36.1 Å². The fourth-order valence-electron chi connectivity index (χ4n) is 3.80. The first-order valence-electron chi connectivity index (χ1n) is 10.4. The first-order chi connectivity index (χ1) is 14.6. The molecule has 1 aromatic carbocycles. The molecule has 0 bridgehead atoms. The van der Waals surface area contributed by atoms with E-state index in [0.29, 0.717) is 18.8 Å². The fourth-order valence-corrected chi connectivity index (χ4v) is 4.40. The van der Waals surface area contributed by atoms with E-state index in [9.17, 15) is 4.79 Å². The zero-order valence-electron chi connectivity index (χ0n) is 17.6. The van der Waals surface area contributed by atoms with Crippen molar-refractivity contribution in [2.45, 2.75) is 39.3 Å². The summed E-state index contributed by atoms with van der Waals surface area (Å²) in [7, 11) is 1.83. The zero-order valence-corrected chi connectivity index (χ0v) is 18.4. The minimum Gasteiger partial charge on any atom is -0.458 e. The van der Waals surface area contributed by atoms with Gasteiger partial charge in [-0.15, -0.1) is 11.3 Å². The maximum Gasteiger partial charge on any atom is 0.317 e. The molecule has 2 aromatic heterocycles. The van der Waals surface area contributed by atoms with Crippen molar-refractivity contribution in [3.05, 3.63) is 58.1 Å². The topological polar surface area (TPSA) is 61.6 Å². The summed E-state index contributed by atoms with van der Waals surface area (Å²) in [5.74, 6) is 1.44. The molecule has 158 valence electrons. The normalized spacial score (nSPS) is 14.0. The summed E-state index contributed by atoms with van der Waals surface area (Å²) in [6, 6.07) is 12.1. The highest BCUT2D eigenvalue weighted by Gasteiger charge is 2.17. The maximum atomic E-state index is 12.6. The van der Waals surface area contributed by atoms with Crippen LogP contribution in [0, 0.1) is 6.92 Å². The van der Waals surface area contributed by atoms with Crippen LogP contribution in [-0.2, 0) is 13.1 Å². The second-order valence-corrected chi connectivity index (χ2v) is 8.77. The quantitative estimate of drug-likeness (QED) is 0.602. The Hall–Kier alpha value is -2.80. The number of nitrogens with zero attached hydrogens (tertiary/aromatic N) is 3. The van der Waals surface area contributed by atoms with E-state index in [1.807, 2.05) is 37.6 Å². The van der Waals surface area contributed by atoms with Crippen molar-refractivity contribution in [1.29, 1.82) is 0 Å². The molecule has 1 fully saturated rings. The number of hydrogen-bond acceptors (Lipinski definition) is 5. The smallest absolute Gasteiger partial charge is 0.317 e. The minimum absolute atomic E-state index is 0.120. The van der Waals surface area contributed by atoms with E-state index in [4.69, 9.17) is 4.42 Å². The summed E-state index contributed by atoms with van der Waals surface area (Å²) in [6.45, 7) is 5.07. The number of carbonyl (C=O) groups excluding carboxylic acids is 1. The summed E-state index contributed by atoms with van der Waals surface area (Å²) in [5, 5.41) is 5.93. The van der Waals surface area contributed by atoms with Gasteiger partial charge in [0.25, 0.3) is 0 Å². The minimum atomic E-state index is -0.120. The third-order valence-corrected chi connectivity index (χ3v) is 6.16. The number of anilines is 1. The van der Waals surface area contributed by atoms with Gasteiger partial charge in [0.2, 0.25) is 0 Å². The molecule has 6 nitrogen and oxygen atoms in total. The largest absolute Gasteiger partial charge is 0.458 e. The fraction of sp³-hybridized carbons (Fsp3) is 0.391. The molecule has 7 heteroatoms. The van der Waals surface area contributed by atoms with Crippen LogP contribution in [0.2, 0.25) is 0 Å². The Kier molecular flexibility index (Phi) is 6.38. The predicted molar refractivity (Wildman–Crippen MR) is 121 cm³/mol. The Morgan fingerprint density at radius 2 is 2.00 bits per heavy atom. The zero-order chi connectivity index (χ0) is 20.9. The molecule has 0 saturated carbocycles. The number of aryl methyl sites for hydroxylation is 1. The number of furan rings is 1. The van der Waals surface area contributed by atoms with E-state index in [-0.39, 0.29) is 6.03 Å². The lowest BCUT2D eigenvalue weighted by Crippen LogP contribution is -2.37. The van der Waals surface area contributed by atoms with Crippen molar-refractivity contribution in [2.24, 2.45) is 0 Å². The molecule has 3 heterocycles. The summed E-state index contributed by atoms with van der Waals surface area (Å²) >= 11 is 1.59. The highest BCUT2D eigenvalue weighted by Crippen LogP contribution is 2.26. The second kappa shape index (κ2) is 9.34. The van der Waals surface area contributed by atoms with Gasteiger partial charge in [0.05, 0.1) is 11.6 Å². The van der Waals surface area contributed by atoms with Crippen LogP contribution in [0.1, 0.15) is 35.6 Å². The molecule has 0 aliphatic carbocycles. The molecule has 0 radical (unpaired) electrons. The van der Waals surface area contributed by atoms with Crippen LogP contribution in [0.5, 0.6) is 0 Å². The Morgan fingerprint density at radius 1 is 1.20 bits per heavy atom. The van der Waals surface area contributed by atoms with Crippen molar-refractivity contribution in [3.63, 3.8) is 0 Å². The van der Waals surface area contributed by atoms with Gasteiger partial charge < -0.3 is 19.5 Å². The molecule has 1 saturated heterocycles. The molecule has 2 amide bonds. The molecule has 1 aliphatic rings. The van der Waals surface area contributed by atoms with Crippen LogP contribution in [0.3, 0.4) is 0 Å². The number of benzene rings is 1. The van der Waals surface area contributed by atoms with E-state index in [0.717, 1.165) is 29.6 Å². The van der Waals surface area contributed by atoms with Crippen molar-refractivity contribution < 1.29 is 9.21 Å². The lowest BCUT2D eigenvalue weighted by atomic mass is 10.1. The van der Waals surface area contributed by atoms with Crippen molar-refractivity contribution >= 4 is 23.1 Å². The van der Waals surface area contributed by atoms with Gasteiger partial charge in [-0.1, -0.05) is 18.2 Å². The Balaban J connectivity index is 1.34. The highest BCUT2D eigenvalue weighted by atomic mass is 32.1. The number of urea groups is 1. The number of piperidine rings is 1. The van der Waals surface area contributed by atoms with Gasteiger partial charge in [-0.3, -0.25) is 0 Å². The van der Waals surface area contributed by atoms with Crippen LogP contribution >= 0.6 is 11.3 Å². The van der Waals surface area contributed by atoms with Gasteiger partial charge in [-0.05, 0) is 49.9 Å². The van der Waals surface area contributed by atoms with Crippen molar-refractivity contribution in [1.82, 2.24) is 15.2 Å². The molecular weight excluding hydrogens is 396 g/mol. The highest BCUT2D eigenvalue weighted by molar-refractivity contribution is 7.09. The van der Waals surface area contributed by atoms with E-state index < -0.39 is 0 Å². The standard InChI is InChI=1S/C23H28N4O2S/c1-17-25-20(16-30-17)22-11-10-19(29-22)14-24-23(28)26(2)15-18-8-4-5-9-21(18)27-12-6-3-7-13-27/h4-5,8-11,16H,3,6-7,12-15H2,1-2H3,(H,24,28). The number of rotatable bonds is 6. The van der Waals surface area contributed by atoms with Crippen LogP contribution < -0.4 is 10.2 Å². The number of carbonyl (C=O) groups is 1. The van der Waals surface area contributed by atoms with E-state index in [1.165, 1.54) is 30.5 Å². The van der Waals surface area contributed by atoms with Crippen LogP contribution in [0.4, 0.5) is 10.5 Å². The van der Waals surface area contributed by atoms with Gasteiger partial charge in [0, 0.05) is 37.7 Å². The average molecular weight is 425 g/mol. The molecule has 3 aromatic rings. The van der Waals surface area contributed by atoms with E-state index in [1.54, 1.807) is 16.2 Å². The lowest BCUT2D eigenvalue weighted by Gasteiger charge is -2.31. The van der Waals surface area contributed by atoms with Gasteiger partial charge in [0.1, 0.15) is 11.5 Å². The molecule has 0 unspecified atom stereocenters. The molecule has 1 N–H and O–H groups in total. The summed E-state index contributed by atoms with van der Waals surface area (Å²) < 4.78 is 5.83. The number of aromatic nitrogens is 1. The third-order valence-electron chi connectivity index (χ3n) is 5.39. The van der Waals surface area contributed by atoms with Crippen LogP contribution in [0.25, 0.3) is 11.5 Å². The second-order valence-electron chi connectivity index (χ2n) is 7.71. The van der Waals surface area contributed by atoms with Crippen LogP contribution in [0.15, 0.2) is 46.2 Å². The summed E-state index contributed by atoms with van der Waals surface area (Å²) in [4.78, 5) is 21.2. The average Bonchev–Trinajstić information content (AvgIpc) is 3.42. The molecular formula is C23H28N4O2S. The SMILES string of the molecule is Cc1nc(-c2ccc(CNC(=O)N(C)Cc3ccccc3N3CCCCC3)o2)cs1. The lowest BCUT2D eigenvalue weighted by molar-refractivity contribution is 0.205. The van der Waals surface area contributed by atoms with Gasteiger partial charge in [0.15, 0.2) is 5.76 Å². The first-order valence-corrected chi connectivity index (χ1v) is 11.3. The summed E-state index contributed by atoms with van der Waals surface area (Å²) in [5.41, 5.74) is 3.25. The summed E-state index contributed by atoms with van der Waals surface area (Å²) in [6.07, 6.45) is 3.77. The molecule has 1 aliphatic heterocycles. The van der Waals surface area contributed by atoms with E-state index in [2.05, 4.69) is 33.4 Å². The third kappa shape index (κ3) is 4.84. The molecule has 0 spiro atoms. The van der Waals surface area contributed by atoms with Crippen molar-refractivity contribution in [3.8, 4) is 11.5 Å². The molecule has 30 heavy (non-hydrogen) atoms.